The van der Waals surface area contributed by atoms with Gasteiger partial charge in [0.25, 0.3) is 0 Å². The molecule has 0 bridgehead atoms. The number of benzene rings is 1. The Balaban J connectivity index is 1.45. The zero-order valence-electron chi connectivity index (χ0n) is 13.4. The average Bonchev–Trinajstić information content (AvgIpc) is 3.14. The van der Waals surface area contributed by atoms with Crippen molar-refractivity contribution in [1.82, 2.24) is 19.9 Å². The molecular formula is C19H20N4O. The summed E-state index contributed by atoms with van der Waals surface area (Å²) in [6, 6.07) is 12.4. The molecule has 5 nitrogen and oxygen atoms in total. The number of hydrogen-bond donors (Lipinski definition) is 2. The fourth-order valence-electron chi connectivity index (χ4n) is 3.35. The van der Waals surface area contributed by atoms with Crippen molar-refractivity contribution in [2.24, 2.45) is 0 Å². The molecule has 0 amide bonds. The van der Waals surface area contributed by atoms with Gasteiger partial charge < -0.3 is 14.9 Å². The Kier molecular flexibility index (Phi) is 4.01. The van der Waals surface area contributed by atoms with Gasteiger partial charge in [-0.05, 0) is 42.5 Å². The Morgan fingerprint density at radius 3 is 2.88 bits per heavy atom. The molecule has 0 radical (unpaired) electrons. The molecule has 1 atom stereocenters. The highest BCUT2D eigenvalue weighted by Crippen LogP contribution is 2.27. The number of pyridine rings is 1. The van der Waals surface area contributed by atoms with Crippen LogP contribution in [0.2, 0.25) is 0 Å². The number of aryl methyl sites for hydroxylation is 1. The minimum atomic E-state index is -0.00973. The summed E-state index contributed by atoms with van der Waals surface area (Å²) in [7, 11) is 0. The van der Waals surface area contributed by atoms with Crippen molar-refractivity contribution in [3.05, 3.63) is 82.3 Å². The molecule has 2 heterocycles. The summed E-state index contributed by atoms with van der Waals surface area (Å²) in [6.07, 6.45) is 8.68. The van der Waals surface area contributed by atoms with Crippen molar-refractivity contribution in [2.75, 3.05) is 0 Å². The quantitative estimate of drug-likeness (QED) is 0.777. The van der Waals surface area contributed by atoms with E-state index in [9.17, 15) is 4.79 Å². The van der Waals surface area contributed by atoms with Gasteiger partial charge in [0.2, 0.25) is 5.56 Å². The molecular weight excluding hydrogens is 300 g/mol. The molecule has 0 spiro atoms. The van der Waals surface area contributed by atoms with Gasteiger partial charge in [-0.3, -0.25) is 4.79 Å². The fourth-order valence-corrected chi connectivity index (χ4v) is 3.35. The standard InChI is InChI=1S/C19H20N4O/c24-19-9-8-16-17(2-1-3-18(16)22-19)21-12-14-4-6-15(7-5-14)23-11-10-20-13-23/h4-11,13,17,21H,1-3,12H2,(H,22,24). The summed E-state index contributed by atoms with van der Waals surface area (Å²) in [5, 5.41) is 3.63. The molecule has 1 aliphatic rings. The summed E-state index contributed by atoms with van der Waals surface area (Å²) >= 11 is 0. The molecule has 1 aromatic carbocycles. The van der Waals surface area contributed by atoms with E-state index in [0.717, 1.165) is 37.2 Å². The van der Waals surface area contributed by atoms with Gasteiger partial charge in [-0.1, -0.05) is 18.2 Å². The van der Waals surface area contributed by atoms with E-state index in [1.54, 1.807) is 18.6 Å². The highest BCUT2D eigenvalue weighted by molar-refractivity contribution is 5.34. The number of imidazole rings is 1. The first-order chi connectivity index (χ1) is 11.8. The zero-order chi connectivity index (χ0) is 16.4. The maximum atomic E-state index is 11.5. The van der Waals surface area contributed by atoms with Crippen molar-refractivity contribution < 1.29 is 0 Å². The number of hydrogen-bond acceptors (Lipinski definition) is 3. The lowest BCUT2D eigenvalue weighted by Gasteiger charge is -2.26. The van der Waals surface area contributed by atoms with Crippen molar-refractivity contribution >= 4 is 0 Å². The molecule has 122 valence electrons. The van der Waals surface area contributed by atoms with E-state index in [1.165, 1.54) is 11.1 Å². The fraction of sp³-hybridized carbons (Fsp3) is 0.263. The maximum Gasteiger partial charge on any atom is 0.248 e. The summed E-state index contributed by atoms with van der Waals surface area (Å²) < 4.78 is 1.99. The molecule has 0 saturated heterocycles. The summed E-state index contributed by atoms with van der Waals surface area (Å²) in [5.41, 5.74) is 4.66. The third kappa shape index (κ3) is 3.03. The lowest BCUT2D eigenvalue weighted by atomic mass is 9.91. The number of rotatable bonds is 4. The largest absolute Gasteiger partial charge is 0.326 e. The van der Waals surface area contributed by atoms with Gasteiger partial charge in [-0.15, -0.1) is 0 Å². The van der Waals surface area contributed by atoms with Gasteiger partial charge in [-0.2, -0.15) is 0 Å². The molecule has 24 heavy (non-hydrogen) atoms. The minimum Gasteiger partial charge on any atom is -0.326 e. The molecule has 4 rings (SSSR count). The lowest BCUT2D eigenvalue weighted by molar-refractivity contribution is 0.453. The Morgan fingerprint density at radius 1 is 1.21 bits per heavy atom. The van der Waals surface area contributed by atoms with E-state index >= 15 is 0 Å². The van der Waals surface area contributed by atoms with Gasteiger partial charge in [0.1, 0.15) is 0 Å². The second-order valence-corrected chi connectivity index (χ2v) is 6.22. The number of aromatic nitrogens is 3. The van der Waals surface area contributed by atoms with Crippen molar-refractivity contribution in [2.45, 2.75) is 31.8 Å². The van der Waals surface area contributed by atoms with E-state index in [2.05, 4.69) is 39.6 Å². The Hall–Kier alpha value is -2.66. The van der Waals surface area contributed by atoms with Crippen LogP contribution in [0.25, 0.3) is 5.69 Å². The highest BCUT2D eigenvalue weighted by Gasteiger charge is 2.20. The number of H-pyrrole nitrogens is 1. The van der Waals surface area contributed by atoms with E-state index in [1.807, 2.05) is 16.8 Å². The number of fused-ring (bicyclic) bond motifs is 1. The van der Waals surface area contributed by atoms with Crippen LogP contribution in [0.4, 0.5) is 0 Å². The van der Waals surface area contributed by atoms with Gasteiger partial charge in [0.05, 0.1) is 6.33 Å². The van der Waals surface area contributed by atoms with Gasteiger partial charge >= 0.3 is 0 Å². The molecule has 1 aliphatic carbocycles. The van der Waals surface area contributed by atoms with E-state index in [4.69, 9.17) is 0 Å². The van der Waals surface area contributed by atoms with Crippen molar-refractivity contribution in [3.8, 4) is 5.69 Å². The molecule has 2 aromatic heterocycles. The van der Waals surface area contributed by atoms with Crippen LogP contribution in [0.3, 0.4) is 0 Å². The highest BCUT2D eigenvalue weighted by atomic mass is 16.1. The summed E-state index contributed by atoms with van der Waals surface area (Å²) in [4.78, 5) is 18.5. The van der Waals surface area contributed by atoms with E-state index < -0.39 is 0 Å². The van der Waals surface area contributed by atoms with Gasteiger partial charge in [0.15, 0.2) is 0 Å². The van der Waals surface area contributed by atoms with Crippen LogP contribution >= 0.6 is 0 Å². The zero-order valence-corrected chi connectivity index (χ0v) is 13.4. The van der Waals surface area contributed by atoms with Crippen LogP contribution in [0.1, 0.15) is 35.7 Å². The smallest absolute Gasteiger partial charge is 0.248 e. The van der Waals surface area contributed by atoms with E-state index in [0.29, 0.717) is 6.04 Å². The van der Waals surface area contributed by atoms with E-state index in [-0.39, 0.29) is 5.56 Å². The molecule has 0 saturated carbocycles. The third-order valence-corrected chi connectivity index (χ3v) is 4.62. The Labute approximate surface area is 140 Å². The first kappa shape index (κ1) is 14.9. The first-order valence-corrected chi connectivity index (χ1v) is 8.32. The topological polar surface area (TPSA) is 62.7 Å². The molecule has 2 N–H and O–H groups in total. The van der Waals surface area contributed by atoms with Crippen LogP contribution in [0.15, 0.2) is 59.9 Å². The van der Waals surface area contributed by atoms with Crippen LogP contribution < -0.4 is 10.9 Å². The van der Waals surface area contributed by atoms with Gasteiger partial charge in [-0.25, -0.2) is 4.98 Å². The first-order valence-electron chi connectivity index (χ1n) is 8.32. The SMILES string of the molecule is O=c1ccc2c([nH]1)CCCC2NCc1ccc(-n2ccnc2)cc1. The lowest BCUT2D eigenvalue weighted by Crippen LogP contribution is -2.27. The average molecular weight is 320 g/mol. The van der Waals surface area contributed by atoms with Crippen LogP contribution in [-0.2, 0) is 13.0 Å². The molecule has 1 unspecified atom stereocenters. The Bertz CT molecular complexity index is 865. The monoisotopic (exact) mass is 320 g/mol. The second-order valence-electron chi connectivity index (χ2n) is 6.22. The third-order valence-electron chi connectivity index (χ3n) is 4.62. The van der Waals surface area contributed by atoms with Gasteiger partial charge in [0, 0.05) is 42.4 Å². The molecule has 0 aliphatic heterocycles. The van der Waals surface area contributed by atoms with Crippen molar-refractivity contribution in [1.29, 1.82) is 0 Å². The number of nitrogens with zero attached hydrogens (tertiary/aromatic N) is 2. The van der Waals surface area contributed by atoms with Crippen LogP contribution in [-0.4, -0.2) is 14.5 Å². The van der Waals surface area contributed by atoms with Crippen LogP contribution in [0.5, 0.6) is 0 Å². The minimum absolute atomic E-state index is 0.00973. The maximum absolute atomic E-state index is 11.5. The number of aromatic amines is 1. The molecule has 5 heteroatoms. The second kappa shape index (κ2) is 6.45. The van der Waals surface area contributed by atoms with Crippen molar-refractivity contribution in [3.63, 3.8) is 0 Å². The predicted octanol–water partition coefficient (Wildman–Crippen LogP) is 2.73. The predicted molar refractivity (Wildman–Crippen MR) is 93.1 cm³/mol. The Morgan fingerprint density at radius 2 is 2.08 bits per heavy atom. The number of nitrogens with one attached hydrogen (secondary N) is 2. The normalized spacial score (nSPS) is 16.8. The van der Waals surface area contributed by atoms with Crippen LogP contribution in [0, 0.1) is 0 Å². The molecule has 0 fully saturated rings. The summed E-state index contributed by atoms with van der Waals surface area (Å²) in [6.45, 7) is 0.813. The molecule has 3 aromatic rings. The summed E-state index contributed by atoms with van der Waals surface area (Å²) in [5.74, 6) is 0.